The van der Waals surface area contributed by atoms with Crippen LogP contribution in [0.2, 0.25) is 0 Å². The van der Waals surface area contributed by atoms with Gasteiger partial charge in [0.15, 0.2) is 0 Å². The van der Waals surface area contributed by atoms with E-state index in [1.54, 1.807) is 0 Å². The van der Waals surface area contributed by atoms with Gasteiger partial charge in [0.1, 0.15) is 0 Å². The summed E-state index contributed by atoms with van der Waals surface area (Å²) in [6, 6.07) is -0.641. The van der Waals surface area contributed by atoms with E-state index in [1.807, 2.05) is 0 Å². The van der Waals surface area contributed by atoms with Crippen molar-refractivity contribution < 1.29 is 27.6 Å². The van der Waals surface area contributed by atoms with Gasteiger partial charge in [0.2, 0.25) is 0 Å². The summed E-state index contributed by atoms with van der Waals surface area (Å²) in [6.45, 7) is 0.957. The zero-order chi connectivity index (χ0) is 15.6. The number of alkyl halides is 3. The van der Waals surface area contributed by atoms with Crippen LogP contribution in [0, 0.1) is 5.92 Å². The monoisotopic (exact) mass is 309 g/mol. The van der Waals surface area contributed by atoms with E-state index in [0.717, 1.165) is 39.3 Å². The molecule has 0 aromatic carbocycles. The van der Waals surface area contributed by atoms with Gasteiger partial charge in [0, 0.05) is 12.1 Å². The van der Waals surface area contributed by atoms with Crippen LogP contribution >= 0.6 is 0 Å². The van der Waals surface area contributed by atoms with Crippen LogP contribution < -0.4 is 10.6 Å². The van der Waals surface area contributed by atoms with Crippen molar-refractivity contribution in [2.45, 2.75) is 43.9 Å². The Bertz CT molecular complexity index is 416. The van der Waals surface area contributed by atoms with Crippen molar-refractivity contribution >= 4 is 12.0 Å². The minimum Gasteiger partial charge on any atom is -0.333 e. The second kappa shape index (κ2) is 6.08. The zero-order valence-corrected chi connectivity index (χ0v) is 11.6. The third-order valence-electron chi connectivity index (χ3n) is 3.98. The van der Waals surface area contributed by atoms with Crippen LogP contribution in [0.25, 0.3) is 0 Å². The Labute approximate surface area is 119 Å². The van der Waals surface area contributed by atoms with Crippen molar-refractivity contribution in [2.24, 2.45) is 5.92 Å². The molecule has 2 fully saturated rings. The first-order chi connectivity index (χ1) is 9.77. The van der Waals surface area contributed by atoms with Crippen molar-refractivity contribution in [3.05, 3.63) is 0 Å². The molecule has 3 unspecified atom stereocenters. The summed E-state index contributed by atoms with van der Waals surface area (Å²) < 4.78 is 36.1. The summed E-state index contributed by atoms with van der Waals surface area (Å²) in [5, 5.41) is 6.22. The molecule has 0 bridgehead atoms. The summed E-state index contributed by atoms with van der Waals surface area (Å²) >= 11 is 0. The van der Waals surface area contributed by atoms with Gasteiger partial charge >= 0.3 is 18.2 Å². The molecule has 1 heterocycles. The second-order valence-corrected chi connectivity index (χ2v) is 5.44. The van der Waals surface area contributed by atoms with Gasteiger partial charge in [0.25, 0.3) is 0 Å². The highest BCUT2D eigenvalue weighted by molar-refractivity contribution is 5.79. The molecule has 1 aliphatic carbocycles. The number of amides is 2. The molecule has 120 valence electrons. The van der Waals surface area contributed by atoms with E-state index in [-0.39, 0.29) is 11.1 Å². The van der Waals surface area contributed by atoms with Crippen molar-refractivity contribution in [1.82, 2.24) is 15.7 Å². The maximum Gasteiger partial charge on any atom is 0.493 e. The van der Waals surface area contributed by atoms with Gasteiger partial charge in [-0.2, -0.15) is 18.2 Å². The molecular weight excluding hydrogens is 291 g/mol. The number of hydroxylamine groups is 2. The smallest absolute Gasteiger partial charge is 0.333 e. The van der Waals surface area contributed by atoms with E-state index in [4.69, 9.17) is 0 Å². The van der Waals surface area contributed by atoms with E-state index in [9.17, 15) is 22.8 Å². The minimum atomic E-state index is -5.12. The maximum absolute atomic E-state index is 12.0. The third kappa shape index (κ3) is 3.99. The number of rotatable bonds is 1. The number of halogens is 3. The summed E-state index contributed by atoms with van der Waals surface area (Å²) in [6.07, 6.45) is -1.53. The maximum atomic E-state index is 12.0. The van der Waals surface area contributed by atoms with Crippen LogP contribution in [0.5, 0.6) is 0 Å². The van der Waals surface area contributed by atoms with Gasteiger partial charge in [-0.05, 0) is 38.1 Å². The SMILES string of the molecule is CN(OC(=O)C(F)(F)F)C(=O)NC1CCC2CCNC2C1. The van der Waals surface area contributed by atoms with Gasteiger partial charge in [-0.15, -0.1) is 0 Å². The first kappa shape index (κ1) is 15.9. The first-order valence-corrected chi connectivity index (χ1v) is 6.84. The summed E-state index contributed by atoms with van der Waals surface area (Å²) in [4.78, 5) is 26.3. The Balaban J connectivity index is 1.79. The summed E-state index contributed by atoms with van der Waals surface area (Å²) in [5.74, 6) is -1.81. The normalized spacial score (nSPS) is 28.7. The lowest BCUT2D eigenvalue weighted by atomic mass is 9.82. The van der Waals surface area contributed by atoms with Crippen molar-refractivity contribution in [3.8, 4) is 0 Å². The highest BCUT2D eigenvalue weighted by Gasteiger charge is 2.43. The molecule has 3 atom stereocenters. The van der Waals surface area contributed by atoms with E-state index in [0.29, 0.717) is 12.0 Å². The average molecular weight is 309 g/mol. The molecule has 2 amide bonds. The number of nitrogens with one attached hydrogen (secondary N) is 2. The van der Waals surface area contributed by atoms with Crippen molar-refractivity contribution in [1.29, 1.82) is 0 Å². The molecule has 2 aliphatic rings. The lowest BCUT2D eigenvalue weighted by Crippen LogP contribution is -2.49. The van der Waals surface area contributed by atoms with E-state index in [2.05, 4.69) is 15.5 Å². The molecule has 6 nitrogen and oxygen atoms in total. The topological polar surface area (TPSA) is 70.7 Å². The highest BCUT2D eigenvalue weighted by Crippen LogP contribution is 2.30. The first-order valence-electron chi connectivity index (χ1n) is 6.84. The minimum absolute atomic E-state index is 0.128. The molecule has 21 heavy (non-hydrogen) atoms. The molecule has 0 radical (unpaired) electrons. The lowest BCUT2D eigenvalue weighted by Gasteiger charge is -2.32. The fourth-order valence-corrected chi connectivity index (χ4v) is 2.90. The van der Waals surface area contributed by atoms with Gasteiger partial charge in [-0.25, -0.2) is 9.59 Å². The third-order valence-corrected chi connectivity index (χ3v) is 3.98. The van der Waals surface area contributed by atoms with Crippen molar-refractivity contribution in [3.63, 3.8) is 0 Å². The average Bonchev–Trinajstić information content (AvgIpc) is 2.84. The molecule has 1 saturated carbocycles. The van der Waals surface area contributed by atoms with E-state index < -0.39 is 18.2 Å². The van der Waals surface area contributed by atoms with Crippen LogP contribution in [0.1, 0.15) is 25.7 Å². The number of carbonyl (C=O) groups is 2. The Hall–Kier alpha value is -1.51. The molecule has 9 heteroatoms. The summed E-state index contributed by atoms with van der Waals surface area (Å²) in [5.41, 5.74) is 0. The van der Waals surface area contributed by atoms with E-state index in [1.165, 1.54) is 0 Å². The second-order valence-electron chi connectivity index (χ2n) is 5.44. The quantitative estimate of drug-likeness (QED) is 0.714. The zero-order valence-electron chi connectivity index (χ0n) is 11.6. The number of nitrogens with zero attached hydrogens (tertiary/aromatic N) is 1. The number of fused-ring (bicyclic) bond motifs is 1. The van der Waals surface area contributed by atoms with Gasteiger partial charge in [0.05, 0.1) is 7.05 Å². The molecule has 1 aliphatic heterocycles. The Kier molecular flexibility index (Phi) is 4.60. The van der Waals surface area contributed by atoms with Crippen LogP contribution in [-0.4, -0.2) is 48.9 Å². The largest absolute Gasteiger partial charge is 0.493 e. The predicted octanol–water partition coefficient (Wildman–Crippen LogP) is 1.18. The summed E-state index contributed by atoms with van der Waals surface area (Å²) in [7, 11) is 0.971. The van der Waals surface area contributed by atoms with Gasteiger partial charge < -0.3 is 15.5 Å². The van der Waals surface area contributed by atoms with Crippen molar-refractivity contribution in [2.75, 3.05) is 13.6 Å². The predicted molar refractivity (Wildman–Crippen MR) is 66.0 cm³/mol. The molecule has 1 saturated heterocycles. The number of carbonyl (C=O) groups excluding carboxylic acids is 2. The fourth-order valence-electron chi connectivity index (χ4n) is 2.90. The van der Waals surface area contributed by atoms with Gasteiger partial charge in [-0.3, -0.25) is 0 Å². The standard InChI is InChI=1S/C12H18F3N3O3/c1-18(21-10(19)12(13,14)15)11(20)17-8-3-2-7-4-5-16-9(7)6-8/h7-9,16H,2-6H2,1H3,(H,17,20). The molecule has 0 aromatic heterocycles. The van der Waals surface area contributed by atoms with Crippen LogP contribution in [0.15, 0.2) is 0 Å². The molecular formula is C12H18F3N3O3. The number of hydrogen-bond acceptors (Lipinski definition) is 4. The Morgan fingerprint density at radius 1 is 1.29 bits per heavy atom. The fraction of sp³-hybridized carbons (Fsp3) is 0.833. The molecule has 2 N–H and O–H groups in total. The molecule has 0 spiro atoms. The highest BCUT2D eigenvalue weighted by atomic mass is 19.4. The Morgan fingerprint density at radius 3 is 2.67 bits per heavy atom. The number of urea groups is 1. The van der Waals surface area contributed by atoms with Crippen LogP contribution in [0.4, 0.5) is 18.0 Å². The van der Waals surface area contributed by atoms with Crippen LogP contribution in [-0.2, 0) is 9.63 Å². The molecule has 0 aromatic rings. The number of hydrogen-bond donors (Lipinski definition) is 2. The Morgan fingerprint density at radius 2 is 2.00 bits per heavy atom. The van der Waals surface area contributed by atoms with E-state index >= 15 is 0 Å². The lowest BCUT2D eigenvalue weighted by molar-refractivity contribution is -0.224. The molecule has 2 rings (SSSR count). The van der Waals surface area contributed by atoms with Gasteiger partial charge in [-0.1, -0.05) is 0 Å². The van der Waals surface area contributed by atoms with Crippen LogP contribution in [0.3, 0.4) is 0 Å².